The van der Waals surface area contributed by atoms with Crippen LogP contribution in [0.15, 0.2) is 18.2 Å². The van der Waals surface area contributed by atoms with Crippen molar-refractivity contribution in [3.05, 3.63) is 23.8 Å². The Morgan fingerprint density at radius 2 is 2.00 bits per heavy atom. The van der Waals surface area contributed by atoms with Crippen LogP contribution in [0.25, 0.3) is 0 Å². The van der Waals surface area contributed by atoms with Gasteiger partial charge in [-0.3, -0.25) is 4.90 Å². The monoisotopic (exact) mass is 221 g/mol. The van der Waals surface area contributed by atoms with Gasteiger partial charge in [0.2, 0.25) is 0 Å². The molecule has 0 aliphatic carbocycles. The Kier molecular flexibility index (Phi) is 3.34. The molecule has 0 amide bonds. The Bertz CT molecular complexity index is 359. The lowest BCUT2D eigenvalue weighted by molar-refractivity contribution is 0.262. The fourth-order valence-corrected chi connectivity index (χ4v) is 2.29. The maximum Gasteiger partial charge on any atom is 0.160 e. The average Bonchev–Trinajstić information content (AvgIpc) is 2.82. The molecule has 1 aliphatic heterocycles. The quantitative estimate of drug-likeness (QED) is 0.851. The molecule has 0 bridgehead atoms. The number of aromatic hydroxyl groups is 1. The van der Waals surface area contributed by atoms with E-state index in [4.69, 9.17) is 4.74 Å². The molecule has 0 spiro atoms. The van der Waals surface area contributed by atoms with Crippen molar-refractivity contribution in [2.45, 2.75) is 25.8 Å². The molecular weight excluding hydrogens is 202 g/mol. The van der Waals surface area contributed by atoms with E-state index in [0.29, 0.717) is 11.8 Å². The predicted molar refractivity (Wildman–Crippen MR) is 63.9 cm³/mol. The molecule has 2 rings (SSSR count). The zero-order valence-corrected chi connectivity index (χ0v) is 9.94. The van der Waals surface area contributed by atoms with Crippen molar-refractivity contribution in [3.8, 4) is 11.5 Å². The van der Waals surface area contributed by atoms with Crippen LogP contribution in [-0.4, -0.2) is 30.2 Å². The zero-order chi connectivity index (χ0) is 11.5. The minimum atomic E-state index is 0.208. The van der Waals surface area contributed by atoms with Gasteiger partial charge in [0.1, 0.15) is 0 Å². The number of phenolic OH excluding ortho intramolecular Hbond substituents is 1. The Morgan fingerprint density at radius 3 is 2.62 bits per heavy atom. The summed E-state index contributed by atoms with van der Waals surface area (Å²) in [5, 5.41) is 9.54. The van der Waals surface area contributed by atoms with Gasteiger partial charge in [0, 0.05) is 6.04 Å². The molecule has 1 fully saturated rings. The second-order valence-corrected chi connectivity index (χ2v) is 4.35. The second kappa shape index (κ2) is 4.74. The van der Waals surface area contributed by atoms with Gasteiger partial charge in [-0.2, -0.15) is 0 Å². The molecule has 88 valence electrons. The van der Waals surface area contributed by atoms with Crippen molar-refractivity contribution < 1.29 is 9.84 Å². The molecule has 0 radical (unpaired) electrons. The lowest BCUT2D eigenvalue weighted by atomic mass is 10.1. The molecule has 0 aromatic heterocycles. The first-order valence-corrected chi connectivity index (χ1v) is 5.83. The molecule has 1 saturated heterocycles. The molecule has 1 heterocycles. The minimum Gasteiger partial charge on any atom is -0.504 e. The summed E-state index contributed by atoms with van der Waals surface area (Å²) < 4.78 is 5.13. The van der Waals surface area contributed by atoms with Gasteiger partial charge < -0.3 is 9.84 Å². The molecule has 16 heavy (non-hydrogen) atoms. The summed E-state index contributed by atoms with van der Waals surface area (Å²) in [6, 6.07) is 6.01. The molecule has 1 N–H and O–H groups in total. The van der Waals surface area contributed by atoms with Gasteiger partial charge in [-0.15, -0.1) is 0 Å². The second-order valence-electron chi connectivity index (χ2n) is 4.35. The number of phenols is 1. The average molecular weight is 221 g/mol. The molecule has 3 heteroatoms. The highest BCUT2D eigenvalue weighted by Crippen LogP contribution is 2.32. The van der Waals surface area contributed by atoms with E-state index in [2.05, 4.69) is 11.8 Å². The molecule has 1 aromatic carbocycles. The van der Waals surface area contributed by atoms with Crippen molar-refractivity contribution >= 4 is 0 Å². The number of benzene rings is 1. The van der Waals surface area contributed by atoms with Crippen LogP contribution in [0.5, 0.6) is 11.5 Å². The van der Waals surface area contributed by atoms with Gasteiger partial charge in [-0.25, -0.2) is 0 Å². The van der Waals surface area contributed by atoms with E-state index >= 15 is 0 Å². The van der Waals surface area contributed by atoms with Crippen LogP contribution in [0.1, 0.15) is 31.4 Å². The van der Waals surface area contributed by atoms with E-state index < -0.39 is 0 Å². The van der Waals surface area contributed by atoms with Crippen molar-refractivity contribution in [2.75, 3.05) is 20.2 Å². The zero-order valence-electron chi connectivity index (χ0n) is 9.94. The number of rotatable bonds is 3. The van der Waals surface area contributed by atoms with E-state index in [1.807, 2.05) is 12.1 Å². The highest BCUT2D eigenvalue weighted by Gasteiger charge is 2.20. The first kappa shape index (κ1) is 11.3. The molecule has 3 nitrogen and oxygen atoms in total. The van der Waals surface area contributed by atoms with E-state index in [1.165, 1.54) is 31.5 Å². The van der Waals surface area contributed by atoms with Crippen molar-refractivity contribution in [1.82, 2.24) is 4.90 Å². The van der Waals surface area contributed by atoms with Crippen LogP contribution in [0.4, 0.5) is 0 Å². The van der Waals surface area contributed by atoms with Crippen LogP contribution < -0.4 is 4.74 Å². The Hall–Kier alpha value is -1.22. The van der Waals surface area contributed by atoms with Gasteiger partial charge in [0.05, 0.1) is 7.11 Å². The maximum absolute atomic E-state index is 9.54. The van der Waals surface area contributed by atoms with Crippen molar-refractivity contribution in [1.29, 1.82) is 0 Å². The van der Waals surface area contributed by atoms with E-state index in [1.54, 1.807) is 13.2 Å². The highest BCUT2D eigenvalue weighted by molar-refractivity contribution is 5.42. The summed E-state index contributed by atoms with van der Waals surface area (Å²) in [5.41, 5.74) is 1.21. The van der Waals surface area contributed by atoms with Crippen LogP contribution in [-0.2, 0) is 0 Å². The number of methoxy groups -OCH3 is 1. The third-order valence-electron chi connectivity index (χ3n) is 3.37. The molecule has 1 aromatic rings. The number of likely N-dealkylation sites (tertiary alicyclic amines) is 1. The number of hydrogen-bond donors (Lipinski definition) is 1. The number of nitrogens with zero attached hydrogens (tertiary/aromatic N) is 1. The lowest BCUT2D eigenvalue weighted by Crippen LogP contribution is -2.23. The number of hydrogen-bond acceptors (Lipinski definition) is 3. The van der Waals surface area contributed by atoms with Crippen molar-refractivity contribution in [3.63, 3.8) is 0 Å². The summed E-state index contributed by atoms with van der Waals surface area (Å²) in [4.78, 5) is 2.46. The molecule has 1 aliphatic rings. The normalized spacial score (nSPS) is 18.6. The smallest absolute Gasteiger partial charge is 0.160 e. The summed E-state index contributed by atoms with van der Waals surface area (Å²) in [6.45, 7) is 4.55. The Morgan fingerprint density at radius 1 is 1.31 bits per heavy atom. The van der Waals surface area contributed by atoms with Gasteiger partial charge in [-0.1, -0.05) is 6.07 Å². The van der Waals surface area contributed by atoms with E-state index in [0.717, 1.165) is 0 Å². The predicted octanol–water partition coefficient (Wildman–Crippen LogP) is 2.56. The third-order valence-corrected chi connectivity index (χ3v) is 3.37. The van der Waals surface area contributed by atoms with Gasteiger partial charge in [0.15, 0.2) is 11.5 Å². The highest BCUT2D eigenvalue weighted by atomic mass is 16.5. The SMILES string of the molecule is COc1cc(C(C)N2CCCC2)ccc1O. The van der Waals surface area contributed by atoms with Crippen LogP contribution in [0.3, 0.4) is 0 Å². The largest absolute Gasteiger partial charge is 0.504 e. The first-order valence-electron chi connectivity index (χ1n) is 5.83. The fraction of sp³-hybridized carbons (Fsp3) is 0.538. The van der Waals surface area contributed by atoms with E-state index in [9.17, 15) is 5.11 Å². The number of ether oxygens (including phenoxy) is 1. The standard InChI is InChI=1S/C13H19NO2/c1-10(14-7-3-4-8-14)11-5-6-12(15)13(9-11)16-2/h5-6,9-10,15H,3-4,7-8H2,1-2H3. The van der Waals surface area contributed by atoms with Crippen LogP contribution in [0.2, 0.25) is 0 Å². The molecule has 1 atom stereocenters. The van der Waals surface area contributed by atoms with Crippen molar-refractivity contribution in [2.24, 2.45) is 0 Å². The van der Waals surface area contributed by atoms with Gasteiger partial charge >= 0.3 is 0 Å². The summed E-state index contributed by atoms with van der Waals surface area (Å²) in [7, 11) is 1.58. The summed E-state index contributed by atoms with van der Waals surface area (Å²) in [5.74, 6) is 0.767. The molecular formula is C13H19NO2. The van der Waals surface area contributed by atoms with Gasteiger partial charge in [0.25, 0.3) is 0 Å². The minimum absolute atomic E-state index is 0.208. The molecule has 0 saturated carbocycles. The van der Waals surface area contributed by atoms with Gasteiger partial charge in [-0.05, 0) is 50.6 Å². The van der Waals surface area contributed by atoms with Crippen LogP contribution in [0, 0.1) is 0 Å². The Balaban J connectivity index is 2.19. The summed E-state index contributed by atoms with van der Waals surface area (Å²) in [6.07, 6.45) is 2.58. The maximum atomic E-state index is 9.54. The molecule has 1 unspecified atom stereocenters. The fourth-order valence-electron chi connectivity index (χ4n) is 2.29. The lowest BCUT2D eigenvalue weighted by Gasteiger charge is -2.24. The topological polar surface area (TPSA) is 32.7 Å². The Labute approximate surface area is 96.6 Å². The van der Waals surface area contributed by atoms with Crippen LogP contribution >= 0.6 is 0 Å². The summed E-state index contributed by atoms with van der Waals surface area (Å²) >= 11 is 0. The van der Waals surface area contributed by atoms with E-state index in [-0.39, 0.29) is 5.75 Å². The third kappa shape index (κ3) is 2.14. The first-order chi connectivity index (χ1) is 7.72.